The number of anilines is 1. The van der Waals surface area contributed by atoms with E-state index in [-0.39, 0.29) is 23.5 Å². The van der Waals surface area contributed by atoms with Crippen LogP contribution in [0.15, 0.2) is 66.1 Å². The third-order valence-electron chi connectivity index (χ3n) is 4.83. The van der Waals surface area contributed by atoms with Gasteiger partial charge in [0.1, 0.15) is 0 Å². The molecule has 7 nitrogen and oxygen atoms in total. The van der Waals surface area contributed by atoms with Crippen LogP contribution in [0.2, 0.25) is 0 Å². The number of hydrogen-bond acceptors (Lipinski definition) is 4. The predicted molar refractivity (Wildman–Crippen MR) is 105 cm³/mol. The van der Waals surface area contributed by atoms with Crippen LogP contribution in [0.1, 0.15) is 28.4 Å². The molecular weight excluding hydrogens is 376 g/mol. The van der Waals surface area contributed by atoms with Gasteiger partial charge in [-0.05, 0) is 42.7 Å². The first kappa shape index (κ1) is 18.4. The maximum Gasteiger partial charge on any atom is 0.258 e. The van der Waals surface area contributed by atoms with Gasteiger partial charge in [0.25, 0.3) is 15.9 Å². The van der Waals surface area contributed by atoms with Crippen LogP contribution in [-0.2, 0) is 23.0 Å². The van der Waals surface area contributed by atoms with Crippen molar-refractivity contribution in [1.29, 1.82) is 0 Å². The van der Waals surface area contributed by atoms with Gasteiger partial charge in [0.15, 0.2) is 5.03 Å². The highest BCUT2D eigenvalue weighted by atomic mass is 32.2. The molecule has 1 unspecified atom stereocenters. The molecule has 1 aliphatic rings. The van der Waals surface area contributed by atoms with Crippen molar-refractivity contribution in [2.45, 2.75) is 31.0 Å². The van der Waals surface area contributed by atoms with E-state index >= 15 is 0 Å². The van der Waals surface area contributed by atoms with E-state index in [9.17, 15) is 13.2 Å². The molecule has 0 spiro atoms. The van der Waals surface area contributed by atoms with Gasteiger partial charge in [-0.15, -0.1) is 0 Å². The highest BCUT2D eigenvalue weighted by Gasteiger charge is 2.31. The molecule has 1 aromatic heterocycles. The second-order valence-electron chi connectivity index (χ2n) is 6.80. The van der Waals surface area contributed by atoms with Crippen LogP contribution in [-0.4, -0.2) is 30.3 Å². The molecule has 1 atom stereocenters. The maximum atomic E-state index is 13.0. The van der Waals surface area contributed by atoms with E-state index in [0.29, 0.717) is 5.56 Å². The first-order valence-corrected chi connectivity index (χ1v) is 10.4. The Kier molecular flexibility index (Phi) is 4.74. The normalized spacial score (nSPS) is 16.2. The van der Waals surface area contributed by atoms with Crippen LogP contribution < -0.4 is 9.62 Å². The molecule has 0 saturated carbocycles. The number of carbonyl (C=O) groups excluding carboxylic acids is 1. The lowest BCUT2D eigenvalue weighted by Crippen LogP contribution is -2.35. The van der Waals surface area contributed by atoms with Crippen molar-refractivity contribution < 1.29 is 13.2 Å². The quantitative estimate of drug-likeness (QED) is 0.693. The summed E-state index contributed by atoms with van der Waals surface area (Å²) < 4.78 is 27.1. The summed E-state index contributed by atoms with van der Waals surface area (Å²) in [7, 11) is -3.66. The largest absolute Gasteiger partial charge is 0.335 e. The Morgan fingerprint density at radius 3 is 2.75 bits per heavy atom. The number of carbonyl (C=O) groups is 1. The Labute approximate surface area is 163 Å². The van der Waals surface area contributed by atoms with Gasteiger partial charge >= 0.3 is 0 Å². The molecule has 28 heavy (non-hydrogen) atoms. The summed E-state index contributed by atoms with van der Waals surface area (Å²) in [5, 5.41) is 0.0168. The van der Waals surface area contributed by atoms with E-state index in [1.165, 1.54) is 12.5 Å². The Bertz CT molecular complexity index is 1100. The van der Waals surface area contributed by atoms with Crippen LogP contribution >= 0.6 is 0 Å². The van der Waals surface area contributed by atoms with Crippen LogP contribution in [0.3, 0.4) is 0 Å². The molecule has 4 rings (SSSR count). The number of amides is 1. The summed E-state index contributed by atoms with van der Waals surface area (Å²) in [5.41, 5.74) is 3.32. The molecule has 2 N–H and O–H groups in total. The smallest absolute Gasteiger partial charge is 0.258 e. The second-order valence-corrected chi connectivity index (χ2v) is 8.53. The van der Waals surface area contributed by atoms with Gasteiger partial charge in [-0.3, -0.25) is 4.79 Å². The van der Waals surface area contributed by atoms with Gasteiger partial charge in [0.2, 0.25) is 0 Å². The monoisotopic (exact) mass is 396 g/mol. The third-order valence-corrected chi connectivity index (χ3v) is 6.16. The number of nitrogens with one attached hydrogen (secondary N) is 2. The minimum Gasteiger partial charge on any atom is -0.335 e. The molecule has 0 fully saturated rings. The molecule has 0 bridgehead atoms. The van der Waals surface area contributed by atoms with Crippen molar-refractivity contribution in [3.05, 3.63) is 77.7 Å². The van der Waals surface area contributed by atoms with Gasteiger partial charge in [-0.2, -0.15) is 0 Å². The molecule has 144 valence electrons. The Morgan fingerprint density at radius 1 is 1.25 bits per heavy atom. The van der Waals surface area contributed by atoms with Gasteiger partial charge in [-0.1, -0.05) is 30.3 Å². The zero-order valence-corrected chi connectivity index (χ0v) is 16.1. The molecule has 0 aliphatic carbocycles. The number of fused-ring (bicyclic) bond motifs is 1. The zero-order valence-electron chi connectivity index (χ0n) is 15.3. The van der Waals surface area contributed by atoms with E-state index < -0.39 is 10.0 Å². The minimum atomic E-state index is -3.66. The van der Waals surface area contributed by atoms with Gasteiger partial charge in [-0.25, -0.2) is 18.1 Å². The average molecular weight is 396 g/mol. The highest BCUT2D eigenvalue weighted by Crippen LogP contribution is 2.34. The predicted octanol–water partition coefficient (Wildman–Crippen LogP) is 2.48. The first-order chi connectivity index (χ1) is 13.5. The van der Waals surface area contributed by atoms with E-state index in [0.717, 1.165) is 23.2 Å². The molecule has 2 aromatic carbocycles. The van der Waals surface area contributed by atoms with Crippen LogP contribution in [0.25, 0.3) is 0 Å². The molecule has 0 saturated heterocycles. The summed E-state index contributed by atoms with van der Waals surface area (Å²) in [6.07, 6.45) is 3.35. The Morgan fingerprint density at radius 2 is 2.04 bits per heavy atom. The van der Waals surface area contributed by atoms with Crippen molar-refractivity contribution in [2.75, 3.05) is 4.90 Å². The number of H-pyrrole nitrogens is 1. The lowest BCUT2D eigenvalue weighted by Gasteiger charge is -2.23. The van der Waals surface area contributed by atoms with Crippen molar-refractivity contribution in [3.8, 4) is 0 Å². The molecule has 0 radical (unpaired) electrons. The molecule has 1 aliphatic heterocycles. The van der Waals surface area contributed by atoms with Crippen molar-refractivity contribution in [2.24, 2.45) is 0 Å². The summed E-state index contributed by atoms with van der Waals surface area (Å²) in [6, 6.07) is 14.9. The topological polar surface area (TPSA) is 95.2 Å². The van der Waals surface area contributed by atoms with Crippen LogP contribution in [0.5, 0.6) is 0 Å². The summed E-state index contributed by atoms with van der Waals surface area (Å²) in [5.74, 6) is -0.0537. The maximum absolute atomic E-state index is 13.0. The number of rotatable bonds is 5. The van der Waals surface area contributed by atoms with E-state index in [1.54, 1.807) is 17.0 Å². The fourth-order valence-corrected chi connectivity index (χ4v) is 4.36. The van der Waals surface area contributed by atoms with Crippen molar-refractivity contribution in [1.82, 2.24) is 14.7 Å². The number of nitrogens with zero attached hydrogens (tertiary/aromatic N) is 2. The number of imidazole rings is 1. The molecule has 8 heteroatoms. The van der Waals surface area contributed by atoms with Gasteiger partial charge in [0, 0.05) is 23.8 Å². The van der Waals surface area contributed by atoms with E-state index in [4.69, 9.17) is 0 Å². The number of aromatic nitrogens is 2. The minimum absolute atomic E-state index is 0.0168. The fourth-order valence-electron chi connectivity index (χ4n) is 3.44. The third kappa shape index (κ3) is 3.44. The second kappa shape index (κ2) is 7.21. The standard InChI is InChI=1S/C20H20N4O3S/c1-14-9-17-8-7-15(11-23-28(26,27)19-12-21-13-22-19)10-18(17)24(14)20(25)16-5-3-2-4-6-16/h2-8,10,12-14,23H,9,11H2,1H3,(H,21,22). The lowest BCUT2D eigenvalue weighted by atomic mass is 10.1. The van der Waals surface area contributed by atoms with Crippen molar-refractivity contribution in [3.63, 3.8) is 0 Å². The highest BCUT2D eigenvalue weighted by molar-refractivity contribution is 7.89. The molecule has 3 aromatic rings. The summed E-state index contributed by atoms with van der Waals surface area (Å²) in [4.78, 5) is 21.1. The van der Waals surface area contributed by atoms with Gasteiger partial charge in [0.05, 0.1) is 12.5 Å². The zero-order chi connectivity index (χ0) is 19.7. The summed E-state index contributed by atoms with van der Waals surface area (Å²) >= 11 is 0. The Hall–Kier alpha value is -2.97. The number of hydrogen-bond donors (Lipinski definition) is 2. The van der Waals surface area contributed by atoms with Crippen LogP contribution in [0.4, 0.5) is 5.69 Å². The number of aromatic amines is 1. The van der Waals surface area contributed by atoms with Crippen molar-refractivity contribution >= 4 is 21.6 Å². The molecular formula is C20H20N4O3S. The SMILES string of the molecule is CC1Cc2ccc(CNS(=O)(=O)c3cnc[nH]3)cc2N1C(=O)c1ccccc1. The lowest BCUT2D eigenvalue weighted by molar-refractivity contribution is 0.0981. The van der Waals surface area contributed by atoms with E-state index in [1.807, 2.05) is 43.3 Å². The molecule has 2 heterocycles. The Balaban J connectivity index is 1.58. The fraction of sp³-hybridized carbons (Fsp3) is 0.200. The summed E-state index contributed by atoms with van der Waals surface area (Å²) in [6.45, 7) is 2.14. The number of benzene rings is 2. The molecule has 1 amide bonds. The van der Waals surface area contributed by atoms with Gasteiger partial charge < -0.3 is 9.88 Å². The van der Waals surface area contributed by atoms with E-state index in [2.05, 4.69) is 14.7 Å². The van der Waals surface area contributed by atoms with Crippen LogP contribution in [0, 0.1) is 0 Å². The first-order valence-electron chi connectivity index (χ1n) is 8.94. The number of sulfonamides is 1. The average Bonchev–Trinajstić information content (AvgIpc) is 3.34.